The molecule has 6 aromatic rings. The predicted octanol–water partition coefficient (Wildman–Crippen LogP) is 4.62. The van der Waals surface area contributed by atoms with E-state index in [0.717, 1.165) is 90.1 Å². The van der Waals surface area contributed by atoms with Crippen LogP contribution in [0.15, 0.2) is 61.1 Å². The number of nitrogen functional groups attached to an aromatic ring is 1. The molecule has 4 aromatic heterocycles. The lowest BCUT2D eigenvalue weighted by Gasteiger charge is -2.44. The van der Waals surface area contributed by atoms with Crippen LogP contribution in [0.25, 0.3) is 27.0 Å². The Labute approximate surface area is 338 Å². The van der Waals surface area contributed by atoms with Gasteiger partial charge in [0.2, 0.25) is 11.8 Å². The molecule has 0 spiro atoms. The van der Waals surface area contributed by atoms with E-state index in [0.29, 0.717) is 35.8 Å². The molecule has 3 aliphatic heterocycles. The second-order valence-corrected chi connectivity index (χ2v) is 16.6. The molecule has 17 heteroatoms. The highest BCUT2D eigenvalue weighted by Crippen LogP contribution is 2.37. The van der Waals surface area contributed by atoms with Crippen LogP contribution >= 0.6 is 11.3 Å². The smallest absolute Gasteiger partial charge is 0.235 e. The standard InChI is InChI=1S/C41H45FN12O3S/c1-24-39(27-16-35(40(43)44-19-27)57-25(2)32-17-28(42)4-8-33(32)54-45-10-11-46-54)58-37(47-24)23-52-14-12-51(13-15-52)20-26-21-53(22-26)29-5-6-30-34(18-29)50(3)49-38(30)31-7-9-36(55)48-41(31)56/h4-6,8,10-11,16-19,25-26,31H,7,9,12-15,20-23H2,1-3H3,(H2,43,44)(H,48,55,56)/t25-,31?/m1/s1. The van der Waals surface area contributed by atoms with E-state index in [1.54, 1.807) is 36.0 Å². The minimum absolute atomic E-state index is 0.217. The number of carbonyl (C=O) groups excluding carboxylic acids is 2. The number of carbonyl (C=O) groups is 2. The number of fused-ring (bicyclic) bond motifs is 1. The number of aryl methyl sites for hydroxylation is 2. The molecule has 15 nitrogen and oxygen atoms in total. The number of hydrogen-bond acceptors (Lipinski definition) is 13. The van der Waals surface area contributed by atoms with E-state index in [1.165, 1.54) is 22.6 Å². The van der Waals surface area contributed by atoms with Crippen LogP contribution in [0.5, 0.6) is 5.75 Å². The molecule has 0 radical (unpaired) electrons. The van der Waals surface area contributed by atoms with Crippen LogP contribution in [0.3, 0.4) is 0 Å². The Morgan fingerprint density at radius 2 is 1.81 bits per heavy atom. The normalized spacial score (nSPS) is 18.8. The SMILES string of the molecule is Cc1nc(CN2CCN(CC3CN(c4ccc5c(C6CCC(=O)NC6=O)nn(C)c5c4)C3)CC2)sc1-c1cnc(N)c(O[C@H](C)c2cc(F)ccc2-n2nccn2)c1. The summed E-state index contributed by atoms with van der Waals surface area (Å²) in [6, 6.07) is 12.7. The topological polar surface area (TPSA) is 165 Å². The fourth-order valence-electron chi connectivity index (χ4n) is 8.35. The molecule has 3 saturated heterocycles. The number of nitrogens with one attached hydrogen (secondary N) is 1. The maximum Gasteiger partial charge on any atom is 0.235 e. The van der Waals surface area contributed by atoms with E-state index in [9.17, 15) is 14.0 Å². The predicted molar refractivity (Wildman–Crippen MR) is 218 cm³/mol. The number of piperazine rings is 1. The van der Waals surface area contributed by atoms with Gasteiger partial charge >= 0.3 is 0 Å². The van der Waals surface area contributed by atoms with E-state index in [-0.39, 0.29) is 23.4 Å². The molecule has 0 bridgehead atoms. The van der Waals surface area contributed by atoms with Gasteiger partial charge in [-0.15, -0.1) is 11.3 Å². The zero-order chi connectivity index (χ0) is 40.1. The van der Waals surface area contributed by atoms with Crippen molar-refractivity contribution >= 4 is 45.6 Å². The number of anilines is 2. The van der Waals surface area contributed by atoms with E-state index < -0.39 is 12.0 Å². The van der Waals surface area contributed by atoms with Crippen molar-refractivity contribution in [3.63, 3.8) is 0 Å². The fraction of sp³-hybridized carbons (Fsp3) is 0.390. The average Bonchev–Trinajstić information content (AvgIpc) is 3.94. The van der Waals surface area contributed by atoms with Gasteiger partial charge in [0.1, 0.15) is 16.9 Å². The zero-order valence-electron chi connectivity index (χ0n) is 32.6. The lowest BCUT2D eigenvalue weighted by molar-refractivity contribution is -0.134. The van der Waals surface area contributed by atoms with Crippen molar-refractivity contribution < 1.29 is 18.7 Å². The van der Waals surface area contributed by atoms with Crippen LogP contribution < -0.4 is 20.7 Å². The summed E-state index contributed by atoms with van der Waals surface area (Å²) in [5.41, 5.74) is 12.2. The number of benzene rings is 2. The van der Waals surface area contributed by atoms with Gasteiger partial charge in [-0.1, -0.05) is 0 Å². The summed E-state index contributed by atoms with van der Waals surface area (Å²) in [6.45, 7) is 11.7. The van der Waals surface area contributed by atoms with Crippen molar-refractivity contribution in [3.05, 3.63) is 88.8 Å². The van der Waals surface area contributed by atoms with Crippen molar-refractivity contribution in [2.24, 2.45) is 13.0 Å². The minimum Gasteiger partial charge on any atom is -0.482 e. The summed E-state index contributed by atoms with van der Waals surface area (Å²) in [4.78, 5) is 43.5. The van der Waals surface area contributed by atoms with E-state index in [1.807, 2.05) is 31.6 Å². The molecule has 2 atom stereocenters. The Balaban J connectivity index is 0.775. The van der Waals surface area contributed by atoms with Crippen LogP contribution in [0, 0.1) is 18.7 Å². The first-order valence-electron chi connectivity index (χ1n) is 19.6. The maximum absolute atomic E-state index is 14.4. The van der Waals surface area contributed by atoms with Crippen molar-refractivity contribution in [2.45, 2.75) is 45.3 Å². The van der Waals surface area contributed by atoms with Crippen molar-refractivity contribution in [1.29, 1.82) is 0 Å². The highest BCUT2D eigenvalue weighted by Gasteiger charge is 2.33. The molecule has 58 heavy (non-hydrogen) atoms. The van der Waals surface area contributed by atoms with Gasteiger partial charge in [0.05, 0.1) is 52.3 Å². The quantitative estimate of drug-likeness (QED) is 0.175. The molecule has 3 aliphatic rings. The van der Waals surface area contributed by atoms with Crippen LogP contribution in [0.1, 0.15) is 53.7 Å². The van der Waals surface area contributed by atoms with Crippen molar-refractivity contribution in [1.82, 2.24) is 49.9 Å². The molecular formula is C41H45FN12O3S. The molecule has 300 valence electrons. The van der Waals surface area contributed by atoms with Crippen molar-refractivity contribution in [2.75, 3.05) is 56.4 Å². The van der Waals surface area contributed by atoms with E-state index >= 15 is 0 Å². The Kier molecular flexibility index (Phi) is 10.1. The molecule has 9 rings (SSSR count). The monoisotopic (exact) mass is 804 g/mol. The fourth-order valence-corrected chi connectivity index (χ4v) is 9.44. The first-order valence-corrected chi connectivity index (χ1v) is 20.4. The lowest BCUT2D eigenvalue weighted by Crippen LogP contribution is -2.54. The van der Waals surface area contributed by atoms with Gasteiger partial charge in [-0.2, -0.15) is 20.1 Å². The number of imide groups is 1. The van der Waals surface area contributed by atoms with Crippen LogP contribution in [0.4, 0.5) is 15.9 Å². The molecular weight excluding hydrogens is 760 g/mol. The molecule has 1 unspecified atom stereocenters. The second kappa shape index (κ2) is 15.5. The van der Waals surface area contributed by atoms with Gasteiger partial charge in [0, 0.05) is 93.6 Å². The molecule has 0 saturated carbocycles. The summed E-state index contributed by atoms with van der Waals surface area (Å²) in [6.07, 6.45) is 5.13. The molecule has 0 aliphatic carbocycles. The molecule has 2 aromatic carbocycles. The van der Waals surface area contributed by atoms with Gasteiger partial charge in [-0.3, -0.25) is 24.5 Å². The highest BCUT2D eigenvalue weighted by atomic mass is 32.1. The number of pyridine rings is 1. The van der Waals surface area contributed by atoms with Gasteiger partial charge in [0.15, 0.2) is 11.6 Å². The van der Waals surface area contributed by atoms with Gasteiger partial charge in [-0.25, -0.2) is 14.4 Å². The number of hydrogen-bond donors (Lipinski definition) is 2. The molecule has 7 heterocycles. The zero-order valence-corrected chi connectivity index (χ0v) is 33.5. The second-order valence-electron chi connectivity index (χ2n) is 15.5. The number of ether oxygens (including phenoxy) is 1. The summed E-state index contributed by atoms with van der Waals surface area (Å²) in [5, 5.41) is 17.6. The van der Waals surface area contributed by atoms with E-state index in [2.05, 4.69) is 53.4 Å². The van der Waals surface area contributed by atoms with Crippen LogP contribution in [0.2, 0.25) is 0 Å². The van der Waals surface area contributed by atoms with Gasteiger partial charge in [-0.05, 0) is 62.7 Å². The van der Waals surface area contributed by atoms with Crippen LogP contribution in [-0.2, 0) is 23.2 Å². The third-order valence-electron chi connectivity index (χ3n) is 11.4. The molecule has 3 fully saturated rings. The number of thiazole rings is 1. The number of nitrogens with two attached hydrogens (primary N) is 1. The largest absolute Gasteiger partial charge is 0.482 e. The summed E-state index contributed by atoms with van der Waals surface area (Å²) >= 11 is 1.66. The van der Waals surface area contributed by atoms with Crippen LogP contribution in [-0.4, -0.2) is 102 Å². The van der Waals surface area contributed by atoms with E-state index in [4.69, 9.17) is 20.6 Å². The highest BCUT2D eigenvalue weighted by molar-refractivity contribution is 7.15. The summed E-state index contributed by atoms with van der Waals surface area (Å²) < 4.78 is 22.5. The Morgan fingerprint density at radius 3 is 2.59 bits per heavy atom. The molecule has 2 amide bonds. The Morgan fingerprint density at radius 1 is 1.03 bits per heavy atom. The summed E-state index contributed by atoms with van der Waals surface area (Å²) in [7, 11) is 1.91. The maximum atomic E-state index is 14.4. The Hall–Kier alpha value is -5.78. The first kappa shape index (κ1) is 37.8. The number of halogens is 1. The number of amides is 2. The van der Waals surface area contributed by atoms with Gasteiger partial charge in [0.25, 0.3) is 0 Å². The summed E-state index contributed by atoms with van der Waals surface area (Å²) in [5.74, 6) is -0.0144. The average molecular weight is 805 g/mol. The first-order chi connectivity index (χ1) is 28.1. The number of aromatic nitrogens is 7. The van der Waals surface area contributed by atoms with Gasteiger partial charge < -0.3 is 20.3 Å². The third kappa shape index (κ3) is 7.52. The minimum atomic E-state index is -0.568. The Bertz CT molecular complexity index is 2490. The number of nitrogens with zero attached hydrogens (tertiary/aromatic N) is 10. The number of rotatable bonds is 11. The number of piperidine rings is 1. The lowest BCUT2D eigenvalue weighted by atomic mass is 9.92. The van der Waals surface area contributed by atoms with Crippen molar-refractivity contribution in [3.8, 4) is 21.9 Å². The third-order valence-corrected chi connectivity index (χ3v) is 12.6. The molecule has 3 N–H and O–H groups in total.